The molecule has 0 spiro atoms. The van der Waals surface area contributed by atoms with Gasteiger partial charge < -0.3 is 10.6 Å². The van der Waals surface area contributed by atoms with Crippen molar-refractivity contribution in [3.05, 3.63) is 41.5 Å². The van der Waals surface area contributed by atoms with Crippen LogP contribution >= 0.6 is 0 Å². The van der Waals surface area contributed by atoms with Crippen molar-refractivity contribution in [1.82, 2.24) is 19.7 Å². The number of aromatic nitrogens is 3. The molecule has 128 valence electrons. The van der Waals surface area contributed by atoms with Crippen LogP contribution in [0.2, 0.25) is 0 Å². The predicted molar refractivity (Wildman–Crippen MR) is 93.1 cm³/mol. The quantitative estimate of drug-likeness (QED) is 0.936. The largest absolute Gasteiger partial charge is 0.334 e. The maximum Gasteiger partial charge on any atom is 0.254 e. The number of carbonyl (C=O) groups is 1. The van der Waals surface area contributed by atoms with E-state index >= 15 is 0 Å². The predicted octanol–water partition coefficient (Wildman–Crippen LogP) is 2.08. The number of amides is 1. The SMILES string of the molecule is Cc1nc(C)n(-c2ccc(C(=O)N3CCC[C@@H](C)[C@H]3CN)cc2)n1. The Labute approximate surface area is 142 Å². The van der Waals surface area contributed by atoms with Crippen LogP contribution in [-0.2, 0) is 0 Å². The number of carbonyl (C=O) groups excluding carboxylic acids is 1. The van der Waals surface area contributed by atoms with Crippen molar-refractivity contribution in [2.24, 2.45) is 11.7 Å². The third-order valence-corrected chi connectivity index (χ3v) is 4.85. The average molecular weight is 327 g/mol. The van der Waals surface area contributed by atoms with Gasteiger partial charge in [0.2, 0.25) is 0 Å². The lowest BCUT2D eigenvalue weighted by Crippen LogP contribution is -2.51. The fourth-order valence-corrected chi connectivity index (χ4v) is 3.54. The Morgan fingerprint density at radius 1 is 1.29 bits per heavy atom. The summed E-state index contributed by atoms with van der Waals surface area (Å²) in [4.78, 5) is 19.1. The molecule has 1 amide bonds. The maximum absolute atomic E-state index is 12.9. The fraction of sp³-hybridized carbons (Fsp3) is 0.500. The summed E-state index contributed by atoms with van der Waals surface area (Å²) >= 11 is 0. The van der Waals surface area contributed by atoms with E-state index in [1.54, 1.807) is 4.68 Å². The van der Waals surface area contributed by atoms with Gasteiger partial charge in [-0.2, -0.15) is 5.10 Å². The van der Waals surface area contributed by atoms with Gasteiger partial charge in [-0.3, -0.25) is 4.79 Å². The topological polar surface area (TPSA) is 77.0 Å². The zero-order valence-corrected chi connectivity index (χ0v) is 14.6. The van der Waals surface area contributed by atoms with Crippen LogP contribution in [0.4, 0.5) is 0 Å². The lowest BCUT2D eigenvalue weighted by Gasteiger charge is -2.39. The normalized spacial score (nSPS) is 21.1. The monoisotopic (exact) mass is 327 g/mol. The molecule has 2 aromatic rings. The van der Waals surface area contributed by atoms with Crippen LogP contribution in [0.3, 0.4) is 0 Å². The summed E-state index contributed by atoms with van der Waals surface area (Å²) < 4.78 is 1.79. The number of nitrogens with zero attached hydrogens (tertiary/aromatic N) is 4. The number of hydrogen-bond donors (Lipinski definition) is 1. The van der Waals surface area contributed by atoms with E-state index in [4.69, 9.17) is 5.73 Å². The smallest absolute Gasteiger partial charge is 0.254 e. The van der Waals surface area contributed by atoms with E-state index in [0.717, 1.165) is 36.7 Å². The van der Waals surface area contributed by atoms with Gasteiger partial charge in [-0.05, 0) is 56.9 Å². The Hall–Kier alpha value is -2.21. The zero-order chi connectivity index (χ0) is 17.3. The Balaban J connectivity index is 1.82. The molecule has 6 heteroatoms. The Morgan fingerprint density at radius 2 is 2.00 bits per heavy atom. The molecule has 2 N–H and O–H groups in total. The molecule has 1 aliphatic heterocycles. The number of nitrogens with two attached hydrogens (primary N) is 1. The summed E-state index contributed by atoms with van der Waals surface area (Å²) in [6.45, 7) is 7.26. The van der Waals surface area contributed by atoms with Gasteiger partial charge in [-0.25, -0.2) is 9.67 Å². The molecular formula is C18H25N5O. The van der Waals surface area contributed by atoms with Crippen LogP contribution in [0.15, 0.2) is 24.3 Å². The highest BCUT2D eigenvalue weighted by atomic mass is 16.2. The second-order valence-electron chi connectivity index (χ2n) is 6.59. The lowest BCUT2D eigenvalue weighted by atomic mass is 9.90. The van der Waals surface area contributed by atoms with Crippen molar-refractivity contribution in [1.29, 1.82) is 0 Å². The van der Waals surface area contributed by atoms with Crippen molar-refractivity contribution in [2.45, 2.75) is 39.7 Å². The molecule has 0 radical (unpaired) electrons. The Morgan fingerprint density at radius 3 is 2.58 bits per heavy atom. The Kier molecular flexibility index (Phi) is 4.66. The second-order valence-corrected chi connectivity index (χ2v) is 6.59. The van der Waals surface area contributed by atoms with Gasteiger partial charge in [-0.1, -0.05) is 6.92 Å². The van der Waals surface area contributed by atoms with E-state index in [2.05, 4.69) is 17.0 Å². The number of piperidine rings is 1. The van der Waals surface area contributed by atoms with E-state index in [0.29, 0.717) is 18.0 Å². The molecule has 1 fully saturated rings. The van der Waals surface area contributed by atoms with Crippen LogP contribution in [0.5, 0.6) is 0 Å². The van der Waals surface area contributed by atoms with Gasteiger partial charge >= 0.3 is 0 Å². The summed E-state index contributed by atoms with van der Waals surface area (Å²) in [6.07, 6.45) is 2.18. The molecule has 0 unspecified atom stereocenters. The lowest BCUT2D eigenvalue weighted by molar-refractivity contribution is 0.0532. The maximum atomic E-state index is 12.9. The fourth-order valence-electron chi connectivity index (χ4n) is 3.54. The molecule has 2 heterocycles. The van der Waals surface area contributed by atoms with Crippen molar-refractivity contribution in [3.63, 3.8) is 0 Å². The van der Waals surface area contributed by atoms with E-state index in [9.17, 15) is 4.79 Å². The van der Waals surface area contributed by atoms with E-state index in [1.807, 2.05) is 43.0 Å². The first-order valence-corrected chi connectivity index (χ1v) is 8.53. The second kappa shape index (κ2) is 6.73. The van der Waals surface area contributed by atoms with Gasteiger partial charge in [0.05, 0.1) is 5.69 Å². The minimum absolute atomic E-state index is 0.0649. The zero-order valence-electron chi connectivity index (χ0n) is 14.6. The number of aryl methyl sites for hydroxylation is 2. The summed E-state index contributed by atoms with van der Waals surface area (Å²) in [5.41, 5.74) is 7.51. The van der Waals surface area contributed by atoms with Gasteiger partial charge in [0, 0.05) is 24.7 Å². The molecule has 1 aliphatic rings. The van der Waals surface area contributed by atoms with Crippen molar-refractivity contribution in [2.75, 3.05) is 13.1 Å². The molecular weight excluding hydrogens is 302 g/mol. The number of benzene rings is 1. The standard InChI is InChI=1S/C18H25N5O/c1-12-5-4-10-22(17(12)11-19)18(24)15-6-8-16(9-7-15)23-14(3)20-13(2)21-23/h6-9,12,17H,4-5,10-11,19H2,1-3H3/t12-,17-/m1/s1. The van der Waals surface area contributed by atoms with Crippen LogP contribution in [-0.4, -0.2) is 44.7 Å². The summed E-state index contributed by atoms with van der Waals surface area (Å²) in [5.74, 6) is 2.09. The van der Waals surface area contributed by atoms with Crippen LogP contribution in [0, 0.1) is 19.8 Å². The van der Waals surface area contributed by atoms with Gasteiger partial charge in [0.25, 0.3) is 5.91 Å². The molecule has 0 saturated carbocycles. The van der Waals surface area contributed by atoms with E-state index < -0.39 is 0 Å². The van der Waals surface area contributed by atoms with Gasteiger partial charge in [-0.15, -0.1) is 0 Å². The highest BCUT2D eigenvalue weighted by Crippen LogP contribution is 2.24. The average Bonchev–Trinajstić information content (AvgIpc) is 2.92. The summed E-state index contributed by atoms with van der Waals surface area (Å²) in [6, 6.07) is 7.69. The van der Waals surface area contributed by atoms with Crippen LogP contribution in [0.25, 0.3) is 5.69 Å². The first-order chi connectivity index (χ1) is 11.5. The van der Waals surface area contributed by atoms with Crippen molar-refractivity contribution in [3.8, 4) is 5.69 Å². The number of hydrogen-bond acceptors (Lipinski definition) is 4. The summed E-state index contributed by atoms with van der Waals surface area (Å²) in [5, 5.41) is 4.37. The summed E-state index contributed by atoms with van der Waals surface area (Å²) in [7, 11) is 0. The molecule has 24 heavy (non-hydrogen) atoms. The van der Waals surface area contributed by atoms with Gasteiger partial charge in [0.15, 0.2) is 0 Å². The van der Waals surface area contributed by atoms with E-state index in [1.165, 1.54) is 0 Å². The molecule has 1 saturated heterocycles. The molecule has 3 rings (SSSR count). The molecule has 6 nitrogen and oxygen atoms in total. The third kappa shape index (κ3) is 3.06. The van der Waals surface area contributed by atoms with Crippen molar-refractivity contribution >= 4 is 5.91 Å². The number of rotatable bonds is 3. The minimum atomic E-state index is 0.0649. The van der Waals surface area contributed by atoms with Crippen LogP contribution in [0.1, 0.15) is 41.8 Å². The molecule has 1 aromatic heterocycles. The highest BCUT2D eigenvalue weighted by molar-refractivity contribution is 5.94. The minimum Gasteiger partial charge on any atom is -0.334 e. The van der Waals surface area contributed by atoms with Crippen LogP contribution < -0.4 is 5.73 Å². The molecule has 1 aromatic carbocycles. The van der Waals surface area contributed by atoms with E-state index in [-0.39, 0.29) is 11.9 Å². The first-order valence-electron chi connectivity index (χ1n) is 8.53. The van der Waals surface area contributed by atoms with Gasteiger partial charge in [0.1, 0.15) is 11.6 Å². The Bertz CT molecular complexity index is 722. The highest BCUT2D eigenvalue weighted by Gasteiger charge is 2.31. The van der Waals surface area contributed by atoms with Crippen molar-refractivity contribution < 1.29 is 4.79 Å². The molecule has 2 atom stereocenters. The molecule has 0 bridgehead atoms. The third-order valence-electron chi connectivity index (χ3n) is 4.85. The number of likely N-dealkylation sites (tertiary alicyclic amines) is 1. The first kappa shape index (κ1) is 16.6. The molecule has 0 aliphatic carbocycles.